The van der Waals surface area contributed by atoms with Crippen LogP contribution >= 0.6 is 0 Å². The van der Waals surface area contributed by atoms with Crippen molar-refractivity contribution in [2.45, 2.75) is 31.8 Å². The van der Waals surface area contributed by atoms with E-state index in [2.05, 4.69) is 34.3 Å². The molecule has 2 heterocycles. The Kier molecular flexibility index (Phi) is 5.61. The zero-order valence-electron chi connectivity index (χ0n) is 16.9. The molecule has 0 unspecified atom stereocenters. The molecule has 3 aromatic rings. The quantitative estimate of drug-likeness (QED) is 0.616. The van der Waals surface area contributed by atoms with E-state index >= 15 is 0 Å². The van der Waals surface area contributed by atoms with Crippen molar-refractivity contribution in [3.05, 3.63) is 59.4 Å². The van der Waals surface area contributed by atoms with Crippen LogP contribution in [0.1, 0.15) is 23.5 Å². The molecule has 0 bridgehead atoms. The van der Waals surface area contributed by atoms with Crippen LogP contribution in [0, 0.1) is 13.8 Å². The molecule has 1 aliphatic heterocycles. The fraction of sp³-hybridized carbons (Fsp3) is 0.381. The number of rotatable bonds is 5. The normalized spacial score (nSPS) is 16.6. The lowest BCUT2D eigenvalue weighted by Gasteiger charge is -2.34. The first-order valence-electron chi connectivity index (χ1n) is 9.82. The van der Waals surface area contributed by atoms with Gasteiger partial charge in [-0.25, -0.2) is 13.1 Å². The van der Waals surface area contributed by atoms with Gasteiger partial charge in [-0.3, -0.25) is 4.90 Å². The Labute approximate surface area is 174 Å². The van der Waals surface area contributed by atoms with Gasteiger partial charge >= 0.3 is 6.55 Å². The standard InChI is InChI=1S/C21H24F2N4O2S/c1-15-20(16(2)27(24-15)21(22)23)30(28,29)26-12-10-25(11-13-26)14-18-8-5-7-17-6-3-4-9-19(17)18/h3-9,21H,10-14H2,1-2H3. The third kappa shape index (κ3) is 3.73. The van der Waals surface area contributed by atoms with Crippen molar-refractivity contribution < 1.29 is 17.2 Å². The van der Waals surface area contributed by atoms with Gasteiger partial charge in [-0.1, -0.05) is 42.5 Å². The van der Waals surface area contributed by atoms with Crippen molar-refractivity contribution in [1.29, 1.82) is 0 Å². The van der Waals surface area contributed by atoms with Gasteiger partial charge in [0.25, 0.3) is 0 Å². The molecule has 160 valence electrons. The molecule has 0 radical (unpaired) electrons. The van der Waals surface area contributed by atoms with Crippen LogP contribution in [0.15, 0.2) is 47.4 Å². The lowest BCUT2D eigenvalue weighted by molar-refractivity contribution is 0.0538. The van der Waals surface area contributed by atoms with Gasteiger partial charge in [0.1, 0.15) is 4.90 Å². The van der Waals surface area contributed by atoms with Crippen molar-refractivity contribution in [1.82, 2.24) is 19.0 Å². The molecule has 30 heavy (non-hydrogen) atoms. The smallest absolute Gasteiger partial charge is 0.296 e. The number of aryl methyl sites for hydroxylation is 1. The number of nitrogens with zero attached hydrogens (tertiary/aromatic N) is 4. The second kappa shape index (κ2) is 8.05. The number of alkyl halides is 2. The molecule has 0 amide bonds. The average Bonchev–Trinajstić information content (AvgIpc) is 3.04. The highest BCUT2D eigenvalue weighted by molar-refractivity contribution is 7.89. The summed E-state index contributed by atoms with van der Waals surface area (Å²) in [7, 11) is -3.88. The van der Waals surface area contributed by atoms with E-state index in [9.17, 15) is 17.2 Å². The monoisotopic (exact) mass is 434 g/mol. The fourth-order valence-electron chi connectivity index (χ4n) is 4.14. The molecule has 0 aliphatic carbocycles. The van der Waals surface area contributed by atoms with E-state index in [-0.39, 0.29) is 16.3 Å². The summed E-state index contributed by atoms with van der Waals surface area (Å²) in [6, 6.07) is 14.4. The molecule has 0 saturated carbocycles. The predicted molar refractivity (Wildman–Crippen MR) is 111 cm³/mol. The number of hydrogen-bond acceptors (Lipinski definition) is 4. The van der Waals surface area contributed by atoms with Crippen molar-refractivity contribution >= 4 is 20.8 Å². The lowest BCUT2D eigenvalue weighted by Crippen LogP contribution is -2.48. The van der Waals surface area contributed by atoms with E-state index in [0.29, 0.717) is 30.9 Å². The van der Waals surface area contributed by atoms with Gasteiger partial charge in [-0.2, -0.15) is 18.2 Å². The van der Waals surface area contributed by atoms with E-state index in [1.54, 1.807) is 0 Å². The first-order valence-corrected chi connectivity index (χ1v) is 11.3. The molecule has 0 atom stereocenters. The maximum atomic E-state index is 13.1. The fourth-order valence-corrected chi connectivity index (χ4v) is 5.92. The molecule has 9 heteroatoms. The van der Waals surface area contributed by atoms with Gasteiger partial charge in [0, 0.05) is 32.7 Å². The maximum absolute atomic E-state index is 13.1. The summed E-state index contributed by atoms with van der Waals surface area (Å²) in [6.07, 6.45) is 0. The molecule has 1 aliphatic rings. The average molecular weight is 435 g/mol. The van der Waals surface area contributed by atoms with Crippen molar-refractivity contribution in [3.63, 3.8) is 0 Å². The zero-order valence-corrected chi connectivity index (χ0v) is 17.7. The SMILES string of the molecule is Cc1nn(C(F)F)c(C)c1S(=O)(=O)N1CCN(Cc2cccc3ccccc23)CC1. The van der Waals surface area contributed by atoms with Crippen LogP contribution in [0.25, 0.3) is 10.8 Å². The van der Waals surface area contributed by atoms with Gasteiger partial charge < -0.3 is 0 Å². The molecule has 2 aromatic carbocycles. The van der Waals surface area contributed by atoms with Crippen LogP contribution < -0.4 is 0 Å². The first-order chi connectivity index (χ1) is 14.3. The molecule has 1 fully saturated rings. The summed E-state index contributed by atoms with van der Waals surface area (Å²) >= 11 is 0. The van der Waals surface area contributed by atoms with E-state index in [4.69, 9.17) is 0 Å². The maximum Gasteiger partial charge on any atom is 0.333 e. The van der Waals surface area contributed by atoms with Crippen LogP contribution in [0.4, 0.5) is 8.78 Å². The largest absolute Gasteiger partial charge is 0.333 e. The van der Waals surface area contributed by atoms with Crippen LogP contribution in [-0.4, -0.2) is 53.6 Å². The van der Waals surface area contributed by atoms with E-state index in [1.165, 1.54) is 34.5 Å². The summed E-state index contributed by atoms with van der Waals surface area (Å²) in [5.74, 6) is 0. The molecule has 6 nitrogen and oxygen atoms in total. The topological polar surface area (TPSA) is 58.4 Å². The highest BCUT2D eigenvalue weighted by Gasteiger charge is 2.34. The third-order valence-corrected chi connectivity index (χ3v) is 7.80. The summed E-state index contributed by atoms with van der Waals surface area (Å²) in [4.78, 5) is 2.11. The molecule has 4 rings (SSSR count). The zero-order chi connectivity index (χ0) is 21.5. The predicted octanol–water partition coefficient (Wildman–Crippen LogP) is 3.55. The second-order valence-electron chi connectivity index (χ2n) is 7.54. The minimum atomic E-state index is -3.88. The molecule has 0 spiro atoms. The highest BCUT2D eigenvalue weighted by atomic mass is 32.2. The van der Waals surface area contributed by atoms with Crippen molar-refractivity contribution in [3.8, 4) is 0 Å². The molecular weight excluding hydrogens is 410 g/mol. The first kappa shape index (κ1) is 20.9. The molecule has 1 aromatic heterocycles. The summed E-state index contributed by atoms with van der Waals surface area (Å²) in [6.45, 7) is 2.46. The van der Waals surface area contributed by atoms with Crippen LogP contribution in [0.2, 0.25) is 0 Å². The summed E-state index contributed by atoms with van der Waals surface area (Å²) in [5, 5.41) is 6.09. The number of benzene rings is 2. The molecule has 1 saturated heterocycles. The number of piperazine rings is 1. The van der Waals surface area contributed by atoms with Crippen LogP contribution in [0.3, 0.4) is 0 Å². The van der Waals surface area contributed by atoms with E-state index < -0.39 is 16.6 Å². The van der Waals surface area contributed by atoms with Gasteiger partial charge in [0.05, 0.1) is 11.4 Å². The Morgan fingerprint density at radius 2 is 1.67 bits per heavy atom. The van der Waals surface area contributed by atoms with E-state index in [0.717, 1.165) is 6.54 Å². The third-order valence-electron chi connectivity index (χ3n) is 5.65. The molecular formula is C21H24F2N4O2S. The van der Waals surface area contributed by atoms with Crippen molar-refractivity contribution in [2.24, 2.45) is 0 Å². The Hall–Kier alpha value is -2.36. The second-order valence-corrected chi connectivity index (χ2v) is 9.42. The van der Waals surface area contributed by atoms with Gasteiger partial charge in [0.2, 0.25) is 10.0 Å². The summed E-state index contributed by atoms with van der Waals surface area (Å²) in [5.41, 5.74) is 1.28. The van der Waals surface area contributed by atoms with Crippen LogP contribution in [0.5, 0.6) is 0 Å². The Morgan fingerprint density at radius 1 is 1.00 bits per heavy atom. The number of sulfonamides is 1. The van der Waals surface area contributed by atoms with E-state index in [1.807, 2.05) is 18.2 Å². The minimum absolute atomic E-state index is 0.0271. The van der Waals surface area contributed by atoms with Crippen LogP contribution in [-0.2, 0) is 16.6 Å². The number of fused-ring (bicyclic) bond motifs is 1. The number of hydrogen-bond donors (Lipinski definition) is 0. The lowest BCUT2D eigenvalue weighted by atomic mass is 10.0. The highest BCUT2D eigenvalue weighted by Crippen LogP contribution is 2.27. The Balaban J connectivity index is 1.49. The van der Waals surface area contributed by atoms with Crippen molar-refractivity contribution in [2.75, 3.05) is 26.2 Å². The minimum Gasteiger partial charge on any atom is -0.296 e. The van der Waals surface area contributed by atoms with Gasteiger partial charge in [-0.05, 0) is 30.2 Å². The molecule has 0 N–H and O–H groups in total. The summed E-state index contributed by atoms with van der Waals surface area (Å²) < 4.78 is 54.3. The number of halogens is 2. The Bertz CT molecular complexity index is 1160. The van der Waals surface area contributed by atoms with Gasteiger partial charge in [0.15, 0.2) is 0 Å². The Morgan fingerprint density at radius 3 is 2.33 bits per heavy atom. The van der Waals surface area contributed by atoms with Gasteiger partial charge in [-0.15, -0.1) is 0 Å². The number of aromatic nitrogens is 2.